The molecule has 1 atom stereocenters. The highest BCUT2D eigenvalue weighted by atomic mass is 32.2. The standard InChI is InChI=1S/C11H19NO3S/c1-9-5-6-11(15-9)10(2)12-7-4-8-16(3,13)14/h5-6,10,12H,4,7-8H2,1-3H3. The van der Waals surface area contributed by atoms with Gasteiger partial charge in [0.15, 0.2) is 0 Å². The van der Waals surface area contributed by atoms with Gasteiger partial charge in [0.1, 0.15) is 21.4 Å². The molecule has 0 amide bonds. The molecule has 1 heterocycles. The average molecular weight is 245 g/mol. The largest absolute Gasteiger partial charge is 0.465 e. The van der Waals surface area contributed by atoms with Gasteiger partial charge in [0.2, 0.25) is 0 Å². The molecular weight excluding hydrogens is 226 g/mol. The highest BCUT2D eigenvalue weighted by molar-refractivity contribution is 7.90. The smallest absolute Gasteiger partial charge is 0.147 e. The quantitative estimate of drug-likeness (QED) is 0.775. The van der Waals surface area contributed by atoms with Crippen LogP contribution in [0.2, 0.25) is 0 Å². The summed E-state index contributed by atoms with van der Waals surface area (Å²) in [6.45, 7) is 4.58. The van der Waals surface area contributed by atoms with Gasteiger partial charge >= 0.3 is 0 Å². The van der Waals surface area contributed by atoms with Gasteiger partial charge in [0.25, 0.3) is 0 Å². The predicted molar refractivity (Wildman–Crippen MR) is 64.2 cm³/mol. The van der Waals surface area contributed by atoms with Crippen LogP contribution in [0, 0.1) is 6.92 Å². The molecular formula is C11H19NO3S. The van der Waals surface area contributed by atoms with E-state index < -0.39 is 9.84 Å². The zero-order valence-corrected chi connectivity index (χ0v) is 10.8. The SMILES string of the molecule is Cc1ccc(C(C)NCCCS(C)(=O)=O)o1. The molecule has 0 spiro atoms. The van der Waals surface area contributed by atoms with Crippen LogP contribution in [0.1, 0.15) is 30.9 Å². The van der Waals surface area contributed by atoms with Crippen molar-refractivity contribution in [3.63, 3.8) is 0 Å². The van der Waals surface area contributed by atoms with Gasteiger partial charge in [-0.05, 0) is 38.9 Å². The highest BCUT2D eigenvalue weighted by Crippen LogP contribution is 2.15. The molecule has 16 heavy (non-hydrogen) atoms. The Morgan fingerprint density at radius 2 is 2.12 bits per heavy atom. The fourth-order valence-electron chi connectivity index (χ4n) is 1.44. The number of hydrogen-bond donors (Lipinski definition) is 1. The Labute approximate surface area is 97.0 Å². The number of furan rings is 1. The maximum absolute atomic E-state index is 10.9. The molecule has 1 aromatic rings. The lowest BCUT2D eigenvalue weighted by Crippen LogP contribution is -2.21. The molecule has 5 heteroatoms. The van der Waals surface area contributed by atoms with Gasteiger partial charge in [-0.3, -0.25) is 0 Å². The summed E-state index contributed by atoms with van der Waals surface area (Å²) in [5.41, 5.74) is 0. The van der Waals surface area contributed by atoms with Gasteiger partial charge in [-0.2, -0.15) is 0 Å². The topological polar surface area (TPSA) is 59.3 Å². The lowest BCUT2D eigenvalue weighted by atomic mass is 10.2. The minimum atomic E-state index is -2.85. The maximum atomic E-state index is 10.9. The molecule has 92 valence electrons. The molecule has 0 aliphatic rings. The van der Waals surface area contributed by atoms with Crippen LogP contribution in [-0.4, -0.2) is 27.0 Å². The Morgan fingerprint density at radius 3 is 2.62 bits per heavy atom. The van der Waals surface area contributed by atoms with E-state index in [9.17, 15) is 8.42 Å². The summed E-state index contributed by atoms with van der Waals surface area (Å²) in [4.78, 5) is 0. The Morgan fingerprint density at radius 1 is 1.44 bits per heavy atom. The van der Waals surface area contributed by atoms with Gasteiger partial charge in [-0.25, -0.2) is 8.42 Å². The first-order chi connectivity index (χ1) is 7.38. The first-order valence-corrected chi connectivity index (χ1v) is 7.42. The minimum absolute atomic E-state index is 0.119. The Balaban J connectivity index is 2.28. The van der Waals surface area contributed by atoms with Crippen LogP contribution in [0.3, 0.4) is 0 Å². The van der Waals surface area contributed by atoms with Crippen LogP contribution >= 0.6 is 0 Å². The molecule has 0 bridgehead atoms. The predicted octanol–water partition coefficient (Wildman–Crippen LogP) is 1.67. The third-order valence-electron chi connectivity index (χ3n) is 2.33. The Bertz CT molecular complexity index is 422. The third-order valence-corrected chi connectivity index (χ3v) is 3.36. The molecule has 1 unspecified atom stereocenters. The van der Waals surface area contributed by atoms with Gasteiger partial charge < -0.3 is 9.73 Å². The Kier molecular flexibility index (Phi) is 4.56. The van der Waals surface area contributed by atoms with E-state index in [2.05, 4.69) is 5.32 Å². The first-order valence-electron chi connectivity index (χ1n) is 5.36. The summed E-state index contributed by atoms with van der Waals surface area (Å²) in [5.74, 6) is 2.00. The Hall–Kier alpha value is -0.810. The average Bonchev–Trinajstić information content (AvgIpc) is 2.57. The van der Waals surface area contributed by atoms with Crippen LogP contribution in [0.25, 0.3) is 0 Å². The van der Waals surface area contributed by atoms with Gasteiger partial charge in [0.05, 0.1) is 11.8 Å². The number of hydrogen-bond acceptors (Lipinski definition) is 4. The molecule has 0 aliphatic heterocycles. The highest BCUT2D eigenvalue weighted by Gasteiger charge is 2.08. The summed E-state index contributed by atoms with van der Waals surface area (Å²) >= 11 is 0. The van der Waals surface area contributed by atoms with Gasteiger partial charge in [-0.15, -0.1) is 0 Å². The first kappa shape index (κ1) is 13.3. The molecule has 1 rings (SSSR count). The lowest BCUT2D eigenvalue weighted by molar-refractivity contribution is 0.417. The zero-order valence-electron chi connectivity index (χ0n) is 9.99. The van der Waals surface area contributed by atoms with E-state index >= 15 is 0 Å². The minimum Gasteiger partial charge on any atom is -0.465 e. The second-order valence-electron chi connectivity index (χ2n) is 4.11. The van der Waals surface area contributed by atoms with Crippen LogP contribution in [0.15, 0.2) is 16.5 Å². The van der Waals surface area contributed by atoms with E-state index in [1.165, 1.54) is 6.26 Å². The van der Waals surface area contributed by atoms with Crippen molar-refractivity contribution in [2.24, 2.45) is 0 Å². The molecule has 1 N–H and O–H groups in total. The molecule has 0 fully saturated rings. The molecule has 4 nitrogen and oxygen atoms in total. The summed E-state index contributed by atoms with van der Waals surface area (Å²) < 4.78 is 27.3. The van der Waals surface area contributed by atoms with E-state index in [4.69, 9.17) is 4.42 Å². The third kappa shape index (κ3) is 4.81. The molecule has 1 aromatic heterocycles. The van der Waals surface area contributed by atoms with Crippen molar-refractivity contribution in [3.8, 4) is 0 Å². The van der Waals surface area contributed by atoms with Crippen molar-refractivity contribution >= 4 is 9.84 Å². The van der Waals surface area contributed by atoms with E-state index in [1.807, 2.05) is 26.0 Å². The summed E-state index contributed by atoms with van der Waals surface area (Å²) in [6.07, 6.45) is 1.88. The summed E-state index contributed by atoms with van der Waals surface area (Å²) in [6, 6.07) is 3.97. The lowest BCUT2D eigenvalue weighted by Gasteiger charge is -2.10. The fraction of sp³-hybridized carbons (Fsp3) is 0.636. The van der Waals surface area contributed by atoms with E-state index in [0.29, 0.717) is 13.0 Å². The van der Waals surface area contributed by atoms with Crippen LogP contribution in [0.5, 0.6) is 0 Å². The van der Waals surface area contributed by atoms with Gasteiger partial charge in [-0.1, -0.05) is 0 Å². The van der Waals surface area contributed by atoms with Crippen LogP contribution in [0.4, 0.5) is 0 Å². The second-order valence-corrected chi connectivity index (χ2v) is 6.37. The number of rotatable bonds is 6. The fourth-order valence-corrected chi connectivity index (χ4v) is 2.11. The van der Waals surface area contributed by atoms with E-state index in [-0.39, 0.29) is 11.8 Å². The molecule has 0 radical (unpaired) electrons. The number of sulfone groups is 1. The number of aryl methyl sites for hydroxylation is 1. The summed E-state index contributed by atoms with van der Waals surface area (Å²) in [5, 5.41) is 3.23. The van der Waals surface area contributed by atoms with Gasteiger partial charge in [0, 0.05) is 6.26 Å². The normalized spacial score (nSPS) is 13.9. The zero-order chi connectivity index (χ0) is 12.2. The molecule has 0 saturated heterocycles. The summed E-state index contributed by atoms with van der Waals surface area (Å²) in [7, 11) is -2.85. The molecule has 0 aliphatic carbocycles. The molecule has 0 saturated carbocycles. The van der Waals surface area contributed by atoms with Crippen LogP contribution < -0.4 is 5.32 Å². The maximum Gasteiger partial charge on any atom is 0.147 e. The van der Waals surface area contributed by atoms with Crippen molar-refractivity contribution in [1.29, 1.82) is 0 Å². The van der Waals surface area contributed by atoms with Crippen molar-refractivity contribution < 1.29 is 12.8 Å². The van der Waals surface area contributed by atoms with Crippen molar-refractivity contribution in [3.05, 3.63) is 23.7 Å². The number of nitrogens with one attached hydrogen (secondary N) is 1. The van der Waals surface area contributed by atoms with E-state index in [1.54, 1.807) is 0 Å². The second kappa shape index (κ2) is 5.50. The van der Waals surface area contributed by atoms with E-state index in [0.717, 1.165) is 11.5 Å². The van der Waals surface area contributed by atoms with Crippen molar-refractivity contribution in [1.82, 2.24) is 5.32 Å². The van der Waals surface area contributed by atoms with Crippen molar-refractivity contribution in [2.45, 2.75) is 26.3 Å². The monoisotopic (exact) mass is 245 g/mol. The van der Waals surface area contributed by atoms with Crippen molar-refractivity contribution in [2.75, 3.05) is 18.6 Å². The van der Waals surface area contributed by atoms with Crippen LogP contribution in [-0.2, 0) is 9.84 Å². The molecule has 0 aromatic carbocycles.